The van der Waals surface area contributed by atoms with E-state index in [2.05, 4.69) is 5.32 Å². The molecule has 110 valence electrons. The molecule has 0 spiro atoms. The minimum absolute atomic E-state index is 0.0609. The molecule has 1 saturated heterocycles. The number of rotatable bonds is 5. The first-order valence-corrected chi connectivity index (χ1v) is 7.75. The van der Waals surface area contributed by atoms with Crippen LogP contribution in [0.2, 0.25) is 10.0 Å². The number of ketones is 1. The van der Waals surface area contributed by atoms with Crippen molar-refractivity contribution < 1.29 is 9.53 Å². The van der Waals surface area contributed by atoms with Gasteiger partial charge >= 0.3 is 0 Å². The van der Waals surface area contributed by atoms with E-state index in [0.29, 0.717) is 28.0 Å². The number of carbonyl (C=O) groups is 1. The fourth-order valence-corrected chi connectivity index (χ4v) is 2.96. The zero-order valence-corrected chi connectivity index (χ0v) is 13.1. The third-order valence-electron chi connectivity index (χ3n) is 3.44. The third-order valence-corrected chi connectivity index (χ3v) is 4.00. The molecule has 1 aliphatic rings. The monoisotopic (exact) mass is 315 g/mol. The fraction of sp³-hybridized carbons (Fsp3) is 0.533. The standard InChI is InChI=1S/C15H19Cl2NO2/c1-2-7-20-15-12(16)8-11(9-13(15)17)14(19)10-3-5-18-6-4-10/h8-10,18H,2-7H2,1H3. The Bertz CT molecular complexity index is 462. The molecular formula is C15H19Cl2NO2. The third kappa shape index (κ3) is 3.66. The summed E-state index contributed by atoms with van der Waals surface area (Å²) in [5.41, 5.74) is 0.579. The Morgan fingerprint density at radius 2 is 1.90 bits per heavy atom. The molecule has 20 heavy (non-hydrogen) atoms. The smallest absolute Gasteiger partial charge is 0.166 e. The Labute approximate surface area is 129 Å². The molecule has 1 heterocycles. The van der Waals surface area contributed by atoms with Gasteiger partial charge in [-0.2, -0.15) is 0 Å². The van der Waals surface area contributed by atoms with Crippen LogP contribution in [0.25, 0.3) is 0 Å². The van der Waals surface area contributed by atoms with Crippen molar-refractivity contribution in [1.82, 2.24) is 5.32 Å². The number of benzene rings is 1. The van der Waals surface area contributed by atoms with E-state index in [1.54, 1.807) is 12.1 Å². The van der Waals surface area contributed by atoms with Gasteiger partial charge in [-0.1, -0.05) is 30.1 Å². The second-order valence-electron chi connectivity index (χ2n) is 5.01. The summed E-state index contributed by atoms with van der Waals surface area (Å²) in [4.78, 5) is 12.4. The summed E-state index contributed by atoms with van der Waals surface area (Å²) >= 11 is 12.4. The van der Waals surface area contributed by atoms with Gasteiger partial charge < -0.3 is 10.1 Å². The normalized spacial score (nSPS) is 16.1. The van der Waals surface area contributed by atoms with Gasteiger partial charge in [0.05, 0.1) is 16.7 Å². The molecule has 0 bridgehead atoms. The summed E-state index contributed by atoms with van der Waals surface area (Å²) in [6.07, 6.45) is 2.60. The predicted molar refractivity (Wildman–Crippen MR) is 82.2 cm³/mol. The van der Waals surface area contributed by atoms with E-state index in [0.717, 1.165) is 32.4 Å². The van der Waals surface area contributed by atoms with Crippen molar-refractivity contribution in [2.75, 3.05) is 19.7 Å². The van der Waals surface area contributed by atoms with Gasteiger partial charge in [-0.05, 0) is 44.5 Å². The lowest BCUT2D eigenvalue weighted by Gasteiger charge is -2.21. The van der Waals surface area contributed by atoms with Gasteiger partial charge in [-0.15, -0.1) is 0 Å². The number of ether oxygens (including phenoxy) is 1. The van der Waals surface area contributed by atoms with Gasteiger partial charge in [-0.3, -0.25) is 4.79 Å². The molecule has 1 aromatic carbocycles. The van der Waals surface area contributed by atoms with Crippen molar-refractivity contribution >= 4 is 29.0 Å². The van der Waals surface area contributed by atoms with Crippen molar-refractivity contribution in [3.63, 3.8) is 0 Å². The largest absolute Gasteiger partial charge is 0.490 e. The molecule has 0 aliphatic carbocycles. The highest BCUT2D eigenvalue weighted by molar-refractivity contribution is 6.37. The van der Waals surface area contributed by atoms with Crippen LogP contribution < -0.4 is 10.1 Å². The maximum atomic E-state index is 12.4. The summed E-state index contributed by atoms with van der Waals surface area (Å²) < 4.78 is 5.51. The molecule has 1 aromatic rings. The Balaban J connectivity index is 2.18. The zero-order chi connectivity index (χ0) is 14.5. The van der Waals surface area contributed by atoms with Crippen LogP contribution in [0.1, 0.15) is 36.5 Å². The van der Waals surface area contributed by atoms with Gasteiger partial charge in [0.1, 0.15) is 0 Å². The number of hydrogen-bond acceptors (Lipinski definition) is 3. The van der Waals surface area contributed by atoms with Crippen molar-refractivity contribution in [2.24, 2.45) is 5.92 Å². The predicted octanol–water partition coefficient (Wildman–Crippen LogP) is 3.96. The Morgan fingerprint density at radius 1 is 1.30 bits per heavy atom. The van der Waals surface area contributed by atoms with E-state index in [1.165, 1.54) is 0 Å². The maximum absolute atomic E-state index is 12.4. The van der Waals surface area contributed by atoms with Gasteiger partial charge in [0.2, 0.25) is 0 Å². The summed E-state index contributed by atoms with van der Waals surface area (Å²) in [6.45, 7) is 4.34. The van der Waals surface area contributed by atoms with Crippen LogP contribution in [-0.2, 0) is 0 Å². The van der Waals surface area contributed by atoms with Crippen LogP contribution in [0.4, 0.5) is 0 Å². The first kappa shape index (κ1) is 15.6. The van der Waals surface area contributed by atoms with E-state index in [9.17, 15) is 4.79 Å². The molecule has 0 unspecified atom stereocenters. The lowest BCUT2D eigenvalue weighted by Crippen LogP contribution is -2.31. The van der Waals surface area contributed by atoms with Crippen molar-refractivity contribution in [3.05, 3.63) is 27.7 Å². The van der Waals surface area contributed by atoms with E-state index in [1.807, 2.05) is 6.92 Å². The van der Waals surface area contributed by atoms with Crippen molar-refractivity contribution in [1.29, 1.82) is 0 Å². The lowest BCUT2D eigenvalue weighted by molar-refractivity contribution is 0.0895. The van der Waals surface area contributed by atoms with Crippen LogP contribution in [0.3, 0.4) is 0 Å². The number of piperidine rings is 1. The molecule has 5 heteroatoms. The molecule has 0 radical (unpaired) electrons. The first-order chi connectivity index (χ1) is 9.63. The Morgan fingerprint density at radius 3 is 2.45 bits per heavy atom. The highest BCUT2D eigenvalue weighted by Gasteiger charge is 2.23. The van der Waals surface area contributed by atoms with Crippen LogP contribution in [0.15, 0.2) is 12.1 Å². The summed E-state index contributed by atoms with van der Waals surface area (Å²) in [5.74, 6) is 0.653. The van der Waals surface area contributed by atoms with Crippen LogP contribution in [-0.4, -0.2) is 25.5 Å². The molecular weight excluding hydrogens is 297 g/mol. The van der Waals surface area contributed by atoms with E-state index in [4.69, 9.17) is 27.9 Å². The zero-order valence-electron chi connectivity index (χ0n) is 11.5. The minimum Gasteiger partial charge on any atom is -0.490 e. The average molecular weight is 316 g/mol. The average Bonchev–Trinajstić information content (AvgIpc) is 2.46. The second kappa shape index (κ2) is 7.30. The van der Waals surface area contributed by atoms with E-state index >= 15 is 0 Å². The number of hydrogen-bond donors (Lipinski definition) is 1. The van der Waals surface area contributed by atoms with Crippen molar-refractivity contribution in [3.8, 4) is 5.75 Å². The van der Waals surface area contributed by atoms with Crippen LogP contribution >= 0.6 is 23.2 Å². The van der Waals surface area contributed by atoms with Gasteiger partial charge in [0, 0.05) is 11.5 Å². The molecule has 0 atom stereocenters. The quantitative estimate of drug-likeness (QED) is 0.836. The highest BCUT2D eigenvalue weighted by atomic mass is 35.5. The summed E-state index contributed by atoms with van der Waals surface area (Å²) in [5, 5.41) is 4.06. The lowest BCUT2D eigenvalue weighted by atomic mass is 9.89. The molecule has 1 aliphatic heterocycles. The Kier molecular flexibility index (Phi) is 5.70. The number of nitrogens with one attached hydrogen (secondary N) is 1. The summed E-state index contributed by atoms with van der Waals surface area (Å²) in [7, 11) is 0. The molecule has 1 fully saturated rings. The van der Waals surface area contributed by atoms with Gasteiger partial charge in [0.25, 0.3) is 0 Å². The topological polar surface area (TPSA) is 38.3 Å². The molecule has 3 nitrogen and oxygen atoms in total. The highest BCUT2D eigenvalue weighted by Crippen LogP contribution is 2.35. The second-order valence-corrected chi connectivity index (χ2v) is 5.82. The molecule has 0 aromatic heterocycles. The van der Waals surface area contributed by atoms with Crippen LogP contribution in [0.5, 0.6) is 5.75 Å². The molecule has 0 saturated carbocycles. The summed E-state index contributed by atoms with van der Waals surface area (Å²) in [6, 6.07) is 3.34. The Hall–Kier alpha value is -0.770. The number of Topliss-reactive ketones (excluding diaryl/α,β-unsaturated/α-hetero) is 1. The minimum atomic E-state index is 0.0609. The van der Waals surface area contributed by atoms with Gasteiger partial charge in [0.15, 0.2) is 11.5 Å². The first-order valence-electron chi connectivity index (χ1n) is 7.00. The number of carbonyl (C=O) groups excluding carboxylic acids is 1. The fourth-order valence-electron chi connectivity index (χ4n) is 2.36. The molecule has 2 rings (SSSR count). The van der Waals surface area contributed by atoms with E-state index in [-0.39, 0.29) is 11.7 Å². The SMILES string of the molecule is CCCOc1c(Cl)cc(C(=O)C2CCNCC2)cc1Cl. The van der Waals surface area contributed by atoms with Gasteiger partial charge in [-0.25, -0.2) is 0 Å². The van der Waals surface area contributed by atoms with E-state index < -0.39 is 0 Å². The number of halogens is 2. The van der Waals surface area contributed by atoms with Crippen LogP contribution in [0, 0.1) is 5.92 Å². The van der Waals surface area contributed by atoms with Crippen molar-refractivity contribution in [2.45, 2.75) is 26.2 Å². The molecule has 0 amide bonds. The molecule has 1 N–H and O–H groups in total. The maximum Gasteiger partial charge on any atom is 0.166 e.